The molecule has 2 aromatic rings. The summed E-state index contributed by atoms with van der Waals surface area (Å²) >= 11 is 0. The highest BCUT2D eigenvalue weighted by Gasteiger charge is 2.14. The molecule has 2 N–H and O–H groups in total. The van der Waals surface area contributed by atoms with Crippen molar-refractivity contribution >= 4 is 17.7 Å². The Kier molecular flexibility index (Phi) is 9.92. The Morgan fingerprint density at radius 1 is 1.06 bits per heavy atom. The van der Waals surface area contributed by atoms with E-state index in [0.29, 0.717) is 43.1 Å². The van der Waals surface area contributed by atoms with E-state index in [1.807, 2.05) is 51.1 Å². The largest absolute Gasteiger partial charge is 0.493 e. The van der Waals surface area contributed by atoms with Gasteiger partial charge in [0.15, 0.2) is 0 Å². The van der Waals surface area contributed by atoms with Gasteiger partial charge in [-0.05, 0) is 55.0 Å². The Morgan fingerprint density at radius 3 is 2.47 bits per heavy atom. The number of carboxylic acids is 1. The Hall–Kier alpha value is -3.15. The second-order valence-corrected chi connectivity index (χ2v) is 7.73. The number of aliphatic carboxylic acids is 1. The number of carboxylic acid groups (broad SMARTS) is 1. The maximum atomic E-state index is 11.9. The summed E-state index contributed by atoms with van der Waals surface area (Å²) in [5.74, 6) is 0.0941. The molecule has 6 nitrogen and oxygen atoms in total. The molecular weight excluding hydrogens is 404 g/mol. The lowest BCUT2D eigenvalue weighted by atomic mass is 9.97. The van der Waals surface area contributed by atoms with Gasteiger partial charge >= 0.3 is 5.97 Å². The Bertz CT molecular complexity index is 939. The Morgan fingerprint density at radius 2 is 1.81 bits per heavy atom. The van der Waals surface area contributed by atoms with Gasteiger partial charge < -0.3 is 14.7 Å². The van der Waals surface area contributed by atoms with Crippen molar-refractivity contribution in [3.63, 3.8) is 0 Å². The lowest BCUT2D eigenvalue weighted by Crippen LogP contribution is -2.35. The first kappa shape index (κ1) is 25.1. The molecular formula is C26H34N2O4. The van der Waals surface area contributed by atoms with E-state index in [-0.39, 0.29) is 12.3 Å². The number of carbonyl (C=O) groups excluding carboxylic acids is 1. The van der Waals surface area contributed by atoms with Gasteiger partial charge in [0.05, 0.1) is 13.0 Å². The number of amidine groups is 1. The van der Waals surface area contributed by atoms with Crippen LogP contribution in [0.15, 0.2) is 42.5 Å². The summed E-state index contributed by atoms with van der Waals surface area (Å²) in [6, 6.07) is 13.9. The van der Waals surface area contributed by atoms with Crippen molar-refractivity contribution in [2.45, 2.75) is 59.3 Å². The normalized spacial score (nSPS) is 10.6. The number of aryl methyl sites for hydroxylation is 1. The van der Waals surface area contributed by atoms with E-state index in [1.54, 1.807) is 4.90 Å². The molecule has 0 spiro atoms. The first-order valence-electron chi connectivity index (χ1n) is 11.3. The van der Waals surface area contributed by atoms with Crippen LogP contribution in [-0.4, -0.2) is 40.9 Å². The van der Waals surface area contributed by atoms with Crippen LogP contribution in [0.25, 0.3) is 11.1 Å². The predicted octanol–water partition coefficient (Wildman–Crippen LogP) is 5.33. The maximum absolute atomic E-state index is 11.9. The van der Waals surface area contributed by atoms with Gasteiger partial charge in [0.1, 0.15) is 11.6 Å². The van der Waals surface area contributed by atoms with Gasteiger partial charge in [-0.15, -0.1) is 0 Å². The minimum absolute atomic E-state index is 0.0111. The highest BCUT2D eigenvalue weighted by Crippen LogP contribution is 2.28. The minimum atomic E-state index is -0.887. The predicted molar refractivity (Wildman–Crippen MR) is 127 cm³/mol. The number of nitrogens with one attached hydrogen (secondary N) is 1. The number of amides is 1. The third-order valence-electron chi connectivity index (χ3n) is 5.25. The zero-order valence-corrected chi connectivity index (χ0v) is 19.3. The molecule has 0 radical (unpaired) electrons. The molecule has 1 amide bonds. The van der Waals surface area contributed by atoms with Crippen LogP contribution in [0.4, 0.5) is 0 Å². The van der Waals surface area contributed by atoms with Crippen molar-refractivity contribution in [2.75, 3.05) is 13.2 Å². The molecule has 172 valence electrons. The fourth-order valence-corrected chi connectivity index (χ4v) is 3.62. The number of ether oxygens (including phenoxy) is 1. The molecule has 0 fully saturated rings. The van der Waals surface area contributed by atoms with Crippen LogP contribution in [0.2, 0.25) is 0 Å². The number of benzene rings is 2. The molecule has 0 aliphatic heterocycles. The average molecular weight is 439 g/mol. The summed E-state index contributed by atoms with van der Waals surface area (Å²) in [6.07, 6.45) is 3.31. The monoisotopic (exact) mass is 438 g/mol. The molecule has 0 aromatic heterocycles. The molecule has 32 heavy (non-hydrogen) atoms. The van der Waals surface area contributed by atoms with Crippen molar-refractivity contribution < 1.29 is 19.4 Å². The molecule has 0 aliphatic rings. The molecule has 2 aromatic carbocycles. The Balaban J connectivity index is 2.11. The van der Waals surface area contributed by atoms with Crippen molar-refractivity contribution in [3.8, 4) is 16.9 Å². The van der Waals surface area contributed by atoms with Gasteiger partial charge in [-0.25, -0.2) is 0 Å². The summed E-state index contributed by atoms with van der Waals surface area (Å²) in [5.41, 5.74) is 3.78. The third kappa shape index (κ3) is 7.22. The molecule has 0 bridgehead atoms. The number of rotatable bonds is 12. The first-order chi connectivity index (χ1) is 15.4. The molecule has 0 heterocycles. The topological polar surface area (TPSA) is 90.7 Å². The molecule has 0 saturated heterocycles. The SMILES string of the molecule is CCCOc1ccc(-c2cccc(CCCC(=N)N(CC)C(=O)CC)c2)cc1CC(=O)O. The fraction of sp³-hybridized carbons (Fsp3) is 0.423. The van der Waals surface area contributed by atoms with Crippen LogP contribution in [0.5, 0.6) is 5.75 Å². The van der Waals surface area contributed by atoms with Crippen LogP contribution in [0.1, 0.15) is 57.6 Å². The molecule has 0 saturated carbocycles. The zero-order chi connectivity index (χ0) is 23.5. The molecule has 2 rings (SSSR count). The van der Waals surface area contributed by atoms with Crippen LogP contribution in [0.3, 0.4) is 0 Å². The van der Waals surface area contributed by atoms with Crippen LogP contribution in [0, 0.1) is 5.41 Å². The molecule has 0 aliphatic carbocycles. The minimum Gasteiger partial charge on any atom is -0.493 e. The number of nitrogens with zero attached hydrogens (tertiary/aromatic N) is 1. The highest BCUT2D eigenvalue weighted by atomic mass is 16.5. The van der Waals surface area contributed by atoms with E-state index in [2.05, 4.69) is 12.1 Å². The Labute approximate surface area is 190 Å². The lowest BCUT2D eigenvalue weighted by molar-refractivity contribution is -0.136. The molecule has 0 atom stereocenters. The van der Waals surface area contributed by atoms with Crippen molar-refractivity contribution in [3.05, 3.63) is 53.6 Å². The lowest BCUT2D eigenvalue weighted by Gasteiger charge is -2.21. The number of carbonyl (C=O) groups is 2. The fourth-order valence-electron chi connectivity index (χ4n) is 3.62. The summed E-state index contributed by atoms with van der Waals surface area (Å²) in [5, 5.41) is 17.5. The van der Waals surface area contributed by atoms with Gasteiger partial charge in [0.2, 0.25) is 5.91 Å². The highest BCUT2D eigenvalue weighted by molar-refractivity contribution is 5.96. The van der Waals surface area contributed by atoms with Gasteiger partial charge in [-0.1, -0.05) is 44.2 Å². The summed E-state index contributed by atoms with van der Waals surface area (Å²) in [6.45, 7) is 6.80. The van der Waals surface area contributed by atoms with E-state index >= 15 is 0 Å². The summed E-state index contributed by atoms with van der Waals surface area (Å²) < 4.78 is 5.72. The van der Waals surface area contributed by atoms with Gasteiger partial charge in [0, 0.05) is 24.9 Å². The van der Waals surface area contributed by atoms with E-state index in [1.165, 1.54) is 0 Å². The third-order valence-corrected chi connectivity index (χ3v) is 5.25. The quantitative estimate of drug-likeness (QED) is 0.346. The van der Waals surface area contributed by atoms with Crippen LogP contribution in [-0.2, 0) is 22.4 Å². The first-order valence-corrected chi connectivity index (χ1v) is 11.3. The zero-order valence-electron chi connectivity index (χ0n) is 19.3. The second kappa shape index (κ2) is 12.6. The molecule has 6 heteroatoms. The summed E-state index contributed by atoms with van der Waals surface area (Å²) in [4.78, 5) is 24.8. The van der Waals surface area contributed by atoms with Gasteiger partial charge in [-0.2, -0.15) is 0 Å². The van der Waals surface area contributed by atoms with E-state index in [9.17, 15) is 14.7 Å². The standard InChI is InChI=1S/C26H34N2O4/c1-4-15-32-23-14-13-21(17-22(23)18-26(30)31)20-11-7-9-19(16-20)10-8-12-24(27)28(6-3)25(29)5-2/h7,9,11,13-14,16-17,27H,4-6,8,10,12,15,18H2,1-3H3,(H,30,31). The average Bonchev–Trinajstić information content (AvgIpc) is 2.78. The van der Waals surface area contributed by atoms with Crippen LogP contribution < -0.4 is 4.74 Å². The van der Waals surface area contributed by atoms with E-state index in [0.717, 1.165) is 36.0 Å². The smallest absolute Gasteiger partial charge is 0.307 e. The van der Waals surface area contributed by atoms with Crippen LogP contribution >= 0.6 is 0 Å². The van der Waals surface area contributed by atoms with E-state index < -0.39 is 5.97 Å². The van der Waals surface area contributed by atoms with Gasteiger partial charge in [0.25, 0.3) is 0 Å². The second-order valence-electron chi connectivity index (χ2n) is 7.73. The number of hydrogen-bond donors (Lipinski definition) is 2. The maximum Gasteiger partial charge on any atom is 0.307 e. The van der Waals surface area contributed by atoms with Crippen molar-refractivity contribution in [1.82, 2.24) is 4.90 Å². The van der Waals surface area contributed by atoms with Gasteiger partial charge in [-0.3, -0.25) is 15.0 Å². The van der Waals surface area contributed by atoms with E-state index in [4.69, 9.17) is 10.1 Å². The molecule has 0 unspecified atom stereocenters. The van der Waals surface area contributed by atoms with Crippen molar-refractivity contribution in [1.29, 1.82) is 5.41 Å². The van der Waals surface area contributed by atoms with Crippen molar-refractivity contribution in [2.24, 2.45) is 0 Å². The summed E-state index contributed by atoms with van der Waals surface area (Å²) in [7, 11) is 0. The number of hydrogen-bond acceptors (Lipinski definition) is 4.